The molecule has 1 atom stereocenters. The molecule has 0 amide bonds. The highest BCUT2D eigenvalue weighted by atomic mass is 32.1. The molecular formula is C18H18FNS. The highest BCUT2D eigenvalue weighted by molar-refractivity contribution is 7.17. The van der Waals surface area contributed by atoms with Gasteiger partial charge in [0, 0.05) is 16.2 Å². The number of halogens is 1. The van der Waals surface area contributed by atoms with E-state index >= 15 is 0 Å². The Hall–Kier alpha value is -1.71. The summed E-state index contributed by atoms with van der Waals surface area (Å²) in [5, 5.41) is 3.31. The molecule has 0 aliphatic heterocycles. The molecule has 1 aromatic heterocycles. The molecule has 0 fully saturated rings. The molecule has 108 valence electrons. The van der Waals surface area contributed by atoms with E-state index in [9.17, 15) is 4.39 Å². The number of thiophene rings is 1. The Balaban J connectivity index is 2.05. The van der Waals surface area contributed by atoms with Gasteiger partial charge < -0.3 is 5.73 Å². The van der Waals surface area contributed by atoms with E-state index in [1.165, 1.54) is 22.2 Å². The zero-order valence-corrected chi connectivity index (χ0v) is 13.0. The minimum absolute atomic E-state index is 0.148. The molecule has 0 spiro atoms. The van der Waals surface area contributed by atoms with Crippen LogP contribution < -0.4 is 5.73 Å². The van der Waals surface area contributed by atoms with E-state index in [0.29, 0.717) is 0 Å². The van der Waals surface area contributed by atoms with Gasteiger partial charge in [-0.2, -0.15) is 0 Å². The third kappa shape index (κ3) is 2.47. The summed E-state index contributed by atoms with van der Waals surface area (Å²) in [5.41, 5.74) is 8.51. The summed E-state index contributed by atoms with van der Waals surface area (Å²) in [5.74, 6) is -0.219. The first kappa shape index (κ1) is 14.2. The first-order valence-electron chi connectivity index (χ1n) is 6.98. The lowest BCUT2D eigenvalue weighted by atomic mass is 9.75. The van der Waals surface area contributed by atoms with Crippen LogP contribution in [-0.4, -0.2) is 0 Å². The zero-order chi connectivity index (χ0) is 15.0. The second-order valence-electron chi connectivity index (χ2n) is 5.89. The fourth-order valence-corrected chi connectivity index (χ4v) is 3.66. The topological polar surface area (TPSA) is 26.0 Å². The van der Waals surface area contributed by atoms with Crippen LogP contribution in [-0.2, 0) is 5.41 Å². The van der Waals surface area contributed by atoms with Gasteiger partial charge in [-0.25, -0.2) is 4.39 Å². The maximum absolute atomic E-state index is 13.1. The highest BCUT2D eigenvalue weighted by Gasteiger charge is 2.30. The summed E-state index contributed by atoms with van der Waals surface area (Å²) in [7, 11) is 0. The molecule has 2 N–H and O–H groups in total. The Bertz CT molecular complexity index is 758. The monoisotopic (exact) mass is 299 g/mol. The fourth-order valence-electron chi connectivity index (χ4n) is 2.71. The first-order chi connectivity index (χ1) is 10.00. The second-order valence-corrected chi connectivity index (χ2v) is 6.81. The van der Waals surface area contributed by atoms with Crippen molar-refractivity contribution in [1.82, 2.24) is 0 Å². The molecule has 0 aliphatic carbocycles. The van der Waals surface area contributed by atoms with E-state index in [1.54, 1.807) is 11.3 Å². The minimum Gasteiger partial charge on any atom is -0.323 e. The van der Waals surface area contributed by atoms with E-state index in [0.717, 1.165) is 11.1 Å². The van der Waals surface area contributed by atoms with Crippen LogP contribution in [0.25, 0.3) is 10.1 Å². The standard InChI is InChI=1S/C18H18FNS/c1-18(2,13-6-8-14(19)9-7-13)17(20)15-5-3-4-12-10-11-21-16(12)15/h3-11,17H,20H2,1-2H3. The van der Waals surface area contributed by atoms with E-state index in [4.69, 9.17) is 5.73 Å². The summed E-state index contributed by atoms with van der Waals surface area (Å²) in [6, 6.07) is 14.8. The lowest BCUT2D eigenvalue weighted by molar-refractivity contribution is 0.422. The van der Waals surface area contributed by atoms with Gasteiger partial charge in [-0.05, 0) is 40.1 Å². The molecular weight excluding hydrogens is 281 g/mol. The molecule has 3 heteroatoms. The molecule has 2 aromatic carbocycles. The van der Waals surface area contributed by atoms with Gasteiger partial charge >= 0.3 is 0 Å². The van der Waals surface area contributed by atoms with E-state index in [-0.39, 0.29) is 17.3 Å². The van der Waals surface area contributed by atoms with Gasteiger partial charge in [-0.15, -0.1) is 11.3 Å². The Morgan fingerprint density at radius 2 is 1.76 bits per heavy atom. The second kappa shape index (κ2) is 5.24. The molecule has 0 aliphatic rings. The predicted octanol–water partition coefficient (Wildman–Crippen LogP) is 5.02. The van der Waals surface area contributed by atoms with E-state index in [1.807, 2.05) is 18.2 Å². The van der Waals surface area contributed by atoms with Crippen molar-refractivity contribution in [3.8, 4) is 0 Å². The number of hydrogen-bond donors (Lipinski definition) is 1. The van der Waals surface area contributed by atoms with Crippen LogP contribution in [0.2, 0.25) is 0 Å². The van der Waals surface area contributed by atoms with E-state index < -0.39 is 0 Å². The number of benzene rings is 2. The highest BCUT2D eigenvalue weighted by Crippen LogP contribution is 2.39. The van der Waals surface area contributed by atoms with Crippen LogP contribution in [0.3, 0.4) is 0 Å². The number of hydrogen-bond acceptors (Lipinski definition) is 2. The third-order valence-corrected chi connectivity index (χ3v) is 5.19. The molecule has 0 saturated heterocycles. The van der Waals surface area contributed by atoms with Gasteiger partial charge in [0.05, 0.1) is 0 Å². The molecule has 3 aromatic rings. The van der Waals surface area contributed by atoms with E-state index in [2.05, 4.69) is 37.4 Å². The fraction of sp³-hybridized carbons (Fsp3) is 0.222. The normalized spacial score (nSPS) is 13.5. The lowest BCUT2D eigenvalue weighted by Crippen LogP contribution is -2.33. The Morgan fingerprint density at radius 3 is 2.48 bits per heavy atom. The summed E-state index contributed by atoms with van der Waals surface area (Å²) < 4.78 is 14.4. The molecule has 1 unspecified atom stereocenters. The maximum Gasteiger partial charge on any atom is 0.123 e. The molecule has 1 heterocycles. The summed E-state index contributed by atoms with van der Waals surface area (Å²) in [6.07, 6.45) is 0. The van der Waals surface area contributed by atoms with Crippen molar-refractivity contribution in [3.05, 3.63) is 70.9 Å². The third-order valence-electron chi connectivity index (χ3n) is 4.21. The van der Waals surface area contributed by atoms with Gasteiger partial charge in [0.25, 0.3) is 0 Å². The Kier molecular flexibility index (Phi) is 3.56. The van der Waals surface area contributed by atoms with Crippen LogP contribution in [0.1, 0.15) is 31.0 Å². The maximum atomic E-state index is 13.1. The van der Waals surface area contributed by atoms with Gasteiger partial charge in [0.2, 0.25) is 0 Å². The largest absolute Gasteiger partial charge is 0.323 e. The van der Waals surface area contributed by atoms with Crippen molar-refractivity contribution >= 4 is 21.4 Å². The lowest BCUT2D eigenvalue weighted by Gasteiger charge is -2.33. The molecule has 1 nitrogen and oxygen atoms in total. The molecule has 0 radical (unpaired) electrons. The van der Waals surface area contributed by atoms with Gasteiger partial charge in [-0.1, -0.05) is 44.2 Å². The van der Waals surface area contributed by atoms with Crippen LogP contribution in [0.15, 0.2) is 53.9 Å². The minimum atomic E-state index is -0.272. The molecule has 0 saturated carbocycles. The number of rotatable bonds is 3. The van der Waals surface area contributed by atoms with Crippen molar-refractivity contribution in [1.29, 1.82) is 0 Å². The molecule has 3 rings (SSSR count). The summed E-state index contributed by atoms with van der Waals surface area (Å²) in [4.78, 5) is 0. The van der Waals surface area contributed by atoms with Crippen LogP contribution in [0, 0.1) is 5.82 Å². The summed E-state index contributed by atoms with van der Waals surface area (Å²) >= 11 is 1.72. The van der Waals surface area contributed by atoms with Crippen molar-refractivity contribution in [3.63, 3.8) is 0 Å². The van der Waals surface area contributed by atoms with Crippen molar-refractivity contribution in [2.24, 2.45) is 5.73 Å². The first-order valence-corrected chi connectivity index (χ1v) is 7.86. The van der Waals surface area contributed by atoms with Crippen molar-refractivity contribution in [2.45, 2.75) is 25.3 Å². The smallest absolute Gasteiger partial charge is 0.123 e. The Morgan fingerprint density at radius 1 is 1.05 bits per heavy atom. The Labute approximate surface area is 128 Å². The quantitative estimate of drug-likeness (QED) is 0.722. The average Bonchev–Trinajstić information content (AvgIpc) is 2.95. The van der Waals surface area contributed by atoms with Gasteiger partial charge in [0.1, 0.15) is 5.82 Å². The number of fused-ring (bicyclic) bond motifs is 1. The van der Waals surface area contributed by atoms with Gasteiger partial charge in [-0.3, -0.25) is 0 Å². The predicted molar refractivity (Wildman–Crippen MR) is 88.2 cm³/mol. The number of nitrogens with two attached hydrogens (primary N) is 1. The van der Waals surface area contributed by atoms with Crippen molar-refractivity contribution in [2.75, 3.05) is 0 Å². The SMILES string of the molecule is CC(C)(c1ccc(F)cc1)C(N)c1cccc2ccsc12. The summed E-state index contributed by atoms with van der Waals surface area (Å²) in [6.45, 7) is 4.22. The molecule has 0 bridgehead atoms. The average molecular weight is 299 g/mol. The molecule has 21 heavy (non-hydrogen) atoms. The van der Waals surface area contributed by atoms with Crippen LogP contribution in [0.5, 0.6) is 0 Å². The van der Waals surface area contributed by atoms with Gasteiger partial charge in [0.15, 0.2) is 0 Å². The zero-order valence-electron chi connectivity index (χ0n) is 12.1. The van der Waals surface area contributed by atoms with Crippen LogP contribution in [0.4, 0.5) is 4.39 Å². The van der Waals surface area contributed by atoms with Crippen molar-refractivity contribution < 1.29 is 4.39 Å². The van der Waals surface area contributed by atoms with Crippen LogP contribution >= 0.6 is 11.3 Å².